The van der Waals surface area contributed by atoms with Crippen LogP contribution in [0.5, 0.6) is 0 Å². The molecule has 16 heavy (non-hydrogen) atoms. The van der Waals surface area contributed by atoms with Gasteiger partial charge >= 0.3 is 5.97 Å². The van der Waals surface area contributed by atoms with Gasteiger partial charge in [-0.2, -0.15) is 5.26 Å². The fourth-order valence-electron chi connectivity index (χ4n) is 1.11. The summed E-state index contributed by atoms with van der Waals surface area (Å²) >= 11 is 0. The second kappa shape index (κ2) is 4.71. The Morgan fingerprint density at radius 3 is 2.56 bits per heavy atom. The van der Waals surface area contributed by atoms with E-state index in [9.17, 15) is 4.79 Å². The van der Waals surface area contributed by atoms with Crippen LogP contribution in [0.3, 0.4) is 0 Å². The van der Waals surface area contributed by atoms with Crippen LogP contribution in [0.4, 0.5) is 0 Å². The Morgan fingerprint density at radius 2 is 2.12 bits per heavy atom. The molecule has 1 aromatic heterocycles. The molecule has 0 N–H and O–H groups in total. The van der Waals surface area contributed by atoms with Crippen molar-refractivity contribution in [1.82, 2.24) is 9.97 Å². The predicted molar refractivity (Wildman–Crippen MR) is 56.4 cm³/mol. The maximum Gasteiger partial charge on any atom is 0.334 e. The average molecular weight is 219 g/mol. The number of esters is 1. The summed E-state index contributed by atoms with van der Waals surface area (Å²) in [7, 11) is 0. The lowest BCUT2D eigenvalue weighted by atomic mass is 9.91. The van der Waals surface area contributed by atoms with Gasteiger partial charge in [0.2, 0.25) is 5.41 Å². The predicted octanol–water partition coefficient (Wildman–Crippen LogP) is 1.13. The molecule has 1 atom stereocenters. The summed E-state index contributed by atoms with van der Waals surface area (Å²) < 4.78 is 4.84. The third kappa shape index (κ3) is 2.16. The molecule has 84 valence electrons. The summed E-state index contributed by atoms with van der Waals surface area (Å²) in [5.41, 5.74) is -0.572. The van der Waals surface area contributed by atoms with E-state index in [1.54, 1.807) is 19.3 Å². The minimum absolute atomic E-state index is 0.166. The molecule has 0 aliphatic carbocycles. The van der Waals surface area contributed by atoms with Gasteiger partial charge < -0.3 is 4.74 Å². The van der Waals surface area contributed by atoms with Crippen LogP contribution in [0.15, 0.2) is 12.4 Å². The van der Waals surface area contributed by atoms with Crippen LogP contribution < -0.4 is 0 Å². The molecule has 0 aromatic carbocycles. The highest BCUT2D eigenvalue weighted by Crippen LogP contribution is 2.20. The zero-order chi connectivity index (χ0) is 12.2. The topological polar surface area (TPSA) is 75.9 Å². The Balaban J connectivity index is 3.10. The number of hydrogen-bond acceptors (Lipinski definition) is 5. The number of rotatable bonds is 3. The van der Waals surface area contributed by atoms with Gasteiger partial charge in [0.25, 0.3) is 0 Å². The molecule has 0 radical (unpaired) electrons. The maximum absolute atomic E-state index is 11.7. The van der Waals surface area contributed by atoms with E-state index in [-0.39, 0.29) is 12.4 Å². The largest absolute Gasteiger partial charge is 0.464 e. The van der Waals surface area contributed by atoms with E-state index >= 15 is 0 Å². The van der Waals surface area contributed by atoms with Crippen molar-refractivity contribution in [2.45, 2.75) is 26.2 Å². The Hall–Kier alpha value is -1.96. The summed E-state index contributed by atoms with van der Waals surface area (Å²) in [5.74, 6) is -0.458. The highest BCUT2D eigenvalue weighted by Gasteiger charge is 2.40. The molecule has 5 heteroatoms. The average Bonchev–Trinajstić information content (AvgIpc) is 2.29. The third-order valence-corrected chi connectivity index (χ3v) is 2.14. The summed E-state index contributed by atoms with van der Waals surface area (Å²) in [5, 5.41) is 9.07. The van der Waals surface area contributed by atoms with Gasteiger partial charge in [-0.3, -0.25) is 0 Å². The van der Waals surface area contributed by atoms with Crippen LogP contribution in [-0.2, 0) is 14.9 Å². The van der Waals surface area contributed by atoms with Crippen LogP contribution in [0, 0.1) is 18.3 Å². The molecule has 1 aromatic rings. The van der Waals surface area contributed by atoms with E-state index in [1.165, 1.54) is 6.92 Å². The van der Waals surface area contributed by atoms with Crippen molar-refractivity contribution in [2.75, 3.05) is 6.61 Å². The Bertz CT molecular complexity index is 422. The lowest BCUT2D eigenvalue weighted by Gasteiger charge is -2.17. The van der Waals surface area contributed by atoms with E-state index in [0.717, 1.165) is 5.56 Å². The quantitative estimate of drug-likeness (QED) is 0.712. The van der Waals surface area contributed by atoms with Crippen LogP contribution in [0.1, 0.15) is 25.2 Å². The summed E-state index contributed by atoms with van der Waals surface area (Å²) in [6.45, 7) is 5.20. The van der Waals surface area contributed by atoms with Gasteiger partial charge in [-0.25, -0.2) is 14.8 Å². The van der Waals surface area contributed by atoms with Gasteiger partial charge in [0.1, 0.15) is 0 Å². The van der Waals surface area contributed by atoms with Crippen molar-refractivity contribution in [2.24, 2.45) is 0 Å². The number of nitrogens with zero attached hydrogens (tertiary/aromatic N) is 3. The number of carbonyl (C=O) groups is 1. The third-order valence-electron chi connectivity index (χ3n) is 2.14. The standard InChI is InChI=1S/C11H13N3O2/c1-4-16-10(15)11(3,7-12)9-13-5-8(2)6-14-9/h5-6H,4H2,1-3H3. The van der Waals surface area contributed by atoms with E-state index in [0.29, 0.717) is 0 Å². The van der Waals surface area contributed by atoms with Crippen LogP contribution >= 0.6 is 0 Å². The molecular weight excluding hydrogens is 206 g/mol. The highest BCUT2D eigenvalue weighted by molar-refractivity contribution is 5.85. The molecule has 0 aliphatic heterocycles. The van der Waals surface area contributed by atoms with E-state index in [1.807, 2.05) is 13.0 Å². The summed E-state index contributed by atoms with van der Waals surface area (Å²) in [6, 6.07) is 1.90. The highest BCUT2D eigenvalue weighted by atomic mass is 16.5. The zero-order valence-corrected chi connectivity index (χ0v) is 9.52. The monoisotopic (exact) mass is 219 g/mol. The minimum atomic E-state index is -1.44. The van der Waals surface area contributed by atoms with Crippen molar-refractivity contribution in [3.63, 3.8) is 0 Å². The molecule has 0 amide bonds. The lowest BCUT2D eigenvalue weighted by molar-refractivity contribution is -0.147. The van der Waals surface area contributed by atoms with Gasteiger partial charge in [0, 0.05) is 12.4 Å². The Kier molecular flexibility index (Phi) is 3.56. The molecule has 1 unspecified atom stereocenters. The van der Waals surface area contributed by atoms with Gasteiger partial charge in [0.05, 0.1) is 12.7 Å². The van der Waals surface area contributed by atoms with Crippen molar-refractivity contribution in [3.8, 4) is 6.07 Å². The molecular formula is C11H13N3O2. The first-order chi connectivity index (χ1) is 7.54. The van der Waals surface area contributed by atoms with Crippen LogP contribution in [0.2, 0.25) is 0 Å². The molecule has 0 aliphatic rings. The van der Waals surface area contributed by atoms with Crippen LogP contribution in [-0.4, -0.2) is 22.5 Å². The summed E-state index contributed by atoms with van der Waals surface area (Å²) in [4.78, 5) is 19.6. The van der Waals surface area contributed by atoms with E-state index in [4.69, 9.17) is 10.00 Å². The molecule has 0 saturated heterocycles. The molecule has 5 nitrogen and oxygen atoms in total. The van der Waals surface area contributed by atoms with Crippen LogP contribution in [0.25, 0.3) is 0 Å². The van der Waals surface area contributed by atoms with E-state index < -0.39 is 11.4 Å². The zero-order valence-electron chi connectivity index (χ0n) is 9.52. The molecule has 0 fully saturated rings. The number of aromatic nitrogens is 2. The van der Waals surface area contributed by atoms with Gasteiger partial charge in [-0.1, -0.05) is 0 Å². The number of aryl methyl sites for hydroxylation is 1. The molecule has 0 spiro atoms. The number of hydrogen-bond donors (Lipinski definition) is 0. The molecule has 1 heterocycles. The number of nitriles is 1. The molecule has 0 bridgehead atoms. The fourth-order valence-corrected chi connectivity index (χ4v) is 1.11. The van der Waals surface area contributed by atoms with Gasteiger partial charge in [-0.15, -0.1) is 0 Å². The lowest BCUT2D eigenvalue weighted by Crippen LogP contribution is -2.34. The minimum Gasteiger partial charge on any atom is -0.464 e. The van der Waals surface area contributed by atoms with E-state index in [2.05, 4.69) is 9.97 Å². The normalized spacial score (nSPS) is 13.6. The first-order valence-electron chi connectivity index (χ1n) is 4.92. The van der Waals surface area contributed by atoms with Gasteiger partial charge in [0.15, 0.2) is 5.82 Å². The molecule has 0 saturated carbocycles. The van der Waals surface area contributed by atoms with Crippen molar-refractivity contribution in [1.29, 1.82) is 5.26 Å². The smallest absolute Gasteiger partial charge is 0.334 e. The number of carbonyl (C=O) groups excluding carboxylic acids is 1. The second-order valence-corrected chi connectivity index (χ2v) is 3.54. The maximum atomic E-state index is 11.7. The fraction of sp³-hybridized carbons (Fsp3) is 0.455. The Labute approximate surface area is 94.1 Å². The SMILES string of the molecule is CCOC(=O)C(C)(C#N)c1ncc(C)cn1. The Morgan fingerprint density at radius 1 is 1.56 bits per heavy atom. The molecule has 1 rings (SSSR count). The van der Waals surface area contributed by atoms with Crippen molar-refractivity contribution in [3.05, 3.63) is 23.8 Å². The first-order valence-corrected chi connectivity index (χ1v) is 4.92. The van der Waals surface area contributed by atoms with Gasteiger partial charge in [-0.05, 0) is 26.3 Å². The second-order valence-electron chi connectivity index (χ2n) is 3.54. The van der Waals surface area contributed by atoms with Crippen molar-refractivity contribution < 1.29 is 9.53 Å². The number of ether oxygens (including phenoxy) is 1. The summed E-state index contributed by atoms with van der Waals surface area (Å²) in [6.07, 6.45) is 3.13. The first kappa shape index (κ1) is 12.1. The van der Waals surface area contributed by atoms with Crippen molar-refractivity contribution >= 4 is 5.97 Å².